The van der Waals surface area contributed by atoms with E-state index in [1.165, 1.54) is 0 Å². The van der Waals surface area contributed by atoms with E-state index in [-0.39, 0.29) is 11.9 Å². The Morgan fingerprint density at radius 3 is 2.68 bits per heavy atom. The lowest BCUT2D eigenvalue weighted by molar-refractivity contribution is -0.140. The van der Waals surface area contributed by atoms with Crippen molar-refractivity contribution >= 4 is 11.9 Å². The van der Waals surface area contributed by atoms with Gasteiger partial charge in [0.05, 0.1) is 11.6 Å². The van der Waals surface area contributed by atoms with Crippen LogP contribution in [0.3, 0.4) is 0 Å². The molecule has 0 aromatic heterocycles. The van der Waals surface area contributed by atoms with E-state index in [2.05, 4.69) is 17.4 Å². The highest BCUT2D eigenvalue weighted by Gasteiger charge is 2.43. The van der Waals surface area contributed by atoms with Crippen LogP contribution in [0.15, 0.2) is 42.5 Å². The molecule has 0 spiro atoms. The molecule has 25 heavy (non-hydrogen) atoms. The fourth-order valence-electron chi connectivity index (χ4n) is 3.31. The third kappa shape index (κ3) is 3.29. The number of fused-ring (bicyclic) bond motifs is 1. The van der Waals surface area contributed by atoms with Gasteiger partial charge >= 0.3 is 5.97 Å². The molecular formula is C21H23NO3. The maximum atomic E-state index is 12.9. The van der Waals surface area contributed by atoms with Crippen LogP contribution in [-0.2, 0) is 16.0 Å². The Hall–Kier alpha value is -2.62. The molecule has 130 valence electrons. The number of aryl methyl sites for hydroxylation is 2. The maximum absolute atomic E-state index is 12.9. The van der Waals surface area contributed by atoms with Crippen molar-refractivity contribution in [2.45, 2.75) is 45.8 Å². The standard InChI is InChI=1S/C21H23NO3/c1-13-9-10-14(2)18(11-13)15(3)22-20(24)21(4)12-16-7-5-6-8-17(16)19(23)25-21/h5-11,15H,12H2,1-4H3,(H,22,24). The SMILES string of the molecule is Cc1ccc(C)c(C(C)NC(=O)C2(C)Cc3ccccc3C(=O)O2)c1. The Bertz CT molecular complexity index is 843. The molecule has 2 aromatic rings. The number of cyclic esters (lactones) is 1. The highest BCUT2D eigenvalue weighted by molar-refractivity contribution is 5.97. The number of nitrogens with one attached hydrogen (secondary N) is 1. The summed E-state index contributed by atoms with van der Waals surface area (Å²) in [5, 5.41) is 3.01. The Balaban J connectivity index is 1.81. The summed E-state index contributed by atoms with van der Waals surface area (Å²) in [5.41, 5.74) is 3.52. The molecule has 1 amide bonds. The lowest BCUT2D eigenvalue weighted by Gasteiger charge is -2.34. The molecule has 0 aliphatic carbocycles. The van der Waals surface area contributed by atoms with Crippen LogP contribution in [0.4, 0.5) is 0 Å². The van der Waals surface area contributed by atoms with E-state index in [0.717, 1.165) is 22.3 Å². The number of esters is 1. The van der Waals surface area contributed by atoms with Gasteiger partial charge in [-0.1, -0.05) is 42.0 Å². The third-order valence-corrected chi connectivity index (χ3v) is 4.81. The van der Waals surface area contributed by atoms with E-state index in [4.69, 9.17) is 4.74 Å². The molecule has 4 nitrogen and oxygen atoms in total. The number of carbonyl (C=O) groups is 2. The Kier molecular flexibility index (Phi) is 4.38. The average molecular weight is 337 g/mol. The number of benzene rings is 2. The molecule has 2 atom stereocenters. The molecule has 0 fully saturated rings. The number of hydrogen-bond acceptors (Lipinski definition) is 3. The van der Waals surface area contributed by atoms with E-state index in [0.29, 0.717) is 12.0 Å². The maximum Gasteiger partial charge on any atom is 0.339 e. The monoisotopic (exact) mass is 337 g/mol. The summed E-state index contributed by atoms with van der Waals surface area (Å²) in [6.07, 6.45) is 0.375. The molecule has 1 aliphatic rings. The quantitative estimate of drug-likeness (QED) is 0.870. The van der Waals surface area contributed by atoms with Crippen LogP contribution in [0.5, 0.6) is 0 Å². The minimum atomic E-state index is -1.20. The minimum absolute atomic E-state index is 0.167. The molecule has 4 heteroatoms. The average Bonchev–Trinajstić information content (AvgIpc) is 2.56. The Labute approximate surface area is 148 Å². The first kappa shape index (κ1) is 17.2. The van der Waals surface area contributed by atoms with Gasteiger partial charge in [-0.05, 0) is 50.5 Å². The first-order chi connectivity index (χ1) is 11.8. The van der Waals surface area contributed by atoms with E-state index >= 15 is 0 Å². The van der Waals surface area contributed by atoms with Gasteiger partial charge in [0.25, 0.3) is 5.91 Å². The predicted molar refractivity (Wildman–Crippen MR) is 96.4 cm³/mol. The molecule has 2 aromatic carbocycles. The Morgan fingerprint density at radius 1 is 1.20 bits per heavy atom. The topological polar surface area (TPSA) is 55.4 Å². The number of amides is 1. The summed E-state index contributed by atoms with van der Waals surface area (Å²) in [6.45, 7) is 7.67. The van der Waals surface area contributed by atoms with Gasteiger partial charge in [-0.2, -0.15) is 0 Å². The molecule has 1 aliphatic heterocycles. The molecule has 0 radical (unpaired) electrons. The van der Waals surface area contributed by atoms with Crippen molar-refractivity contribution in [3.8, 4) is 0 Å². The van der Waals surface area contributed by atoms with Crippen molar-refractivity contribution in [2.75, 3.05) is 0 Å². The van der Waals surface area contributed by atoms with Crippen molar-refractivity contribution in [3.05, 3.63) is 70.3 Å². The van der Waals surface area contributed by atoms with Crippen molar-refractivity contribution in [1.29, 1.82) is 0 Å². The molecule has 1 N–H and O–H groups in total. The molecular weight excluding hydrogens is 314 g/mol. The van der Waals surface area contributed by atoms with Crippen LogP contribution in [-0.4, -0.2) is 17.5 Å². The van der Waals surface area contributed by atoms with E-state index in [1.807, 2.05) is 39.0 Å². The minimum Gasteiger partial charge on any atom is -0.445 e. The van der Waals surface area contributed by atoms with Gasteiger partial charge in [0.1, 0.15) is 0 Å². The molecule has 0 bridgehead atoms. The number of ether oxygens (including phenoxy) is 1. The zero-order valence-corrected chi connectivity index (χ0v) is 15.1. The van der Waals surface area contributed by atoms with Crippen LogP contribution in [0, 0.1) is 13.8 Å². The number of hydrogen-bond donors (Lipinski definition) is 1. The van der Waals surface area contributed by atoms with Gasteiger partial charge in [-0.3, -0.25) is 4.79 Å². The smallest absolute Gasteiger partial charge is 0.339 e. The van der Waals surface area contributed by atoms with Gasteiger partial charge in [0.15, 0.2) is 5.60 Å². The highest BCUT2D eigenvalue weighted by Crippen LogP contribution is 2.29. The van der Waals surface area contributed by atoms with Gasteiger partial charge in [-0.15, -0.1) is 0 Å². The number of carbonyl (C=O) groups excluding carboxylic acids is 2. The van der Waals surface area contributed by atoms with Crippen LogP contribution >= 0.6 is 0 Å². The highest BCUT2D eigenvalue weighted by atomic mass is 16.6. The summed E-state index contributed by atoms with van der Waals surface area (Å²) in [6, 6.07) is 13.3. The zero-order valence-electron chi connectivity index (χ0n) is 15.1. The van der Waals surface area contributed by atoms with E-state index in [9.17, 15) is 9.59 Å². The second kappa shape index (κ2) is 6.36. The summed E-state index contributed by atoms with van der Waals surface area (Å²) in [7, 11) is 0. The third-order valence-electron chi connectivity index (χ3n) is 4.81. The molecule has 3 rings (SSSR count). The molecule has 0 saturated heterocycles. The number of rotatable bonds is 3. The normalized spacial score (nSPS) is 20.4. The fourth-order valence-corrected chi connectivity index (χ4v) is 3.31. The predicted octanol–water partition coefficient (Wildman–Crippen LogP) is 3.65. The van der Waals surface area contributed by atoms with Crippen LogP contribution in [0.1, 0.15) is 52.5 Å². The van der Waals surface area contributed by atoms with Gasteiger partial charge in [0, 0.05) is 6.42 Å². The summed E-state index contributed by atoms with van der Waals surface area (Å²) in [4.78, 5) is 25.1. The van der Waals surface area contributed by atoms with Crippen molar-refractivity contribution in [3.63, 3.8) is 0 Å². The van der Waals surface area contributed by atoms with E-state index in [1.54, 1.807) is 19.1 Å². The van der Waals surface area contributed by atoms with Crippen molar-refractivity contribution < 1.29 is 14.3 Å². The summed E-state index contributed by atoms with van der Waals surface area (Å²) >= 11 is 0. The lowest BCUT2D eigenvalue weighted by Crippen LogP contribution is -2.52. The van der Waals surface area contributed by atoms with Gasteiger partial charge < -0.3 is 10.1 Å². The summed E-state index contributed by atoms with van der Waals surface area (Å²) in [5.74, 6) is -0.720. The van der Waals surface area contributed by atoms with Gasteiger partial charge in [-0.25, -0.2) is 4.79 Å². The summed E-state index contributed by atoms with van der Waals surface area (Å²) < 4.78 is 5.50. The van der Waals surface area contributed by atoms with Crippen molar-refractivity contribution in [2.24, 2.45) is 0 Å². The lowest BCUT2D eigenvalue weighted by atomic mass is 9.89. The van der Waals surface area contributed by atoms with Gasteiger partial charge in [0.2, 0.25) is 0 Å². The van der Waals surface area contributed by atoms with Crippen molar-refractivity contribution in [1.82, 2.24) is 5.32 Å². The van der Waals surface area contributed by atoms with Crippen LogP contribution in [0.25, 0.3) is 0 Å². The van der Waals surface area contributed by atoms with E-state index < -0.39 is 11.6 Å². The largest absolute Gasteiger partial charge is 0.445 e. The molecule has 2 unspecified atom stereocenters. The van der Waals surface area contributed by atoms with Crippen LogP contribution in [0.2, 0.25) is 0 Å². The molecule has 0 saturated carbocycles. The fraction of sp³-hybridized carbons (Fsp3) is 0.333. The second-order valence-electron chi connectivity index (χ2n) is 7.01. The second-order valence-corrected chi connectivity index (χ2v) is 7.01. The van der Waals surface area contributed by atoms with Crippen LogP contribution < -0.4 is 5.32 Å². The Morgan fingerprint density at radius 2 is 1.92 bits per heavy atom. The first-order valence-electron chi connectivity index (χ1n) is 8.49. The molecule has 1 heterocycles. The first-order valence-corrected chi connectivity index (χ1v) is 8.49. The zero-order chi connectivity index (χ0) is 18.2.